The van der Waals surface area contributed by atoms with Crippen molar-refractivity contribution in [2.24, 2.45) is 0 Å². The number of fused-ring (bicyclic) bond motifs is 1. The van der Waals surface area contributed by atoms with E-state index in [4.69, 9.17) is 0 Å². The predicted octanol–water partition coefficient (Wildman–Crippen LogP) is 2.60. The predicted molar refractivity (Wildman–Crippen MR) is 106 cm³/mol. The van der Waals surface area contributed by atoms with E-state index in [0.29, 0.717) is 18.0 Å². The molecule has 0 bridgehead atoms. The van der Waals surface area contributed by atoms with Crippen LogP contribution in [-0.2, 0) is 19.4 Å². The molecule has 0 aliphatic carbocycles. The van der Waals surface area contributed by atoms with Gasteiger partial charge in [0.15, 0.2) is 0 Å². The van der Waals surface area contributed by atoms with Crippen molar-refractivity contribution in [1.82, 2.24) is 14.8 Å². The zero-order valence-electron chi connectivity index (χ0n) is 15.9. The summed E-state index contributed by atoms with van der Waals surface area (Å²) in [5, 5.41) is 0. The Morgan fingerprint density at radius 2 is 1.81 bits per heavy atom. The standard InChI is InChI=1S/C22H27N3O2/c1-2-20-19(7-8-21(26)23-20)22(27)24-13-10-18(11-14-24)25-12-9-16-5-3-4-6-17(16)15-25/h3-8,18H,2,9-15H2,1H3,(H,23,26). The molecule has 1 amide bonds. The zero-order valence-corrected chi connectivity index (χ0v) is 15.9. The fourth-order valence-electron chi connectivity index (χ4n) is 4.43. The number of likely N-dealkylation sites (tertiary alicyclic amines) is 1. The Morgan fingerprint density at radius 1 is 1.07 bits per heavy atom. The topological polar surface area (TPSA) is 56.4 Å². The third kappa shape index (κ3) is 3.69. The van der Waals surface area contributed by atoms with Crippen LogP contribution in [0.5, 0.6) is 0 Å². The molecule has 1 N–H and O–H groups in total. The zero-order chi connectivity index (χ0) is 18.8. The number of aryl methyl sites for hydroxylation is 1. The van der Waals surface area contributed by atoms with Crippen LogP contribution in [0.4, 0.5) is 0 Å². The van der Waals surface area contributed by atoms with Crippen molar-refractivity contribution in [1.29, 1.82) is 0 Å². The highest BCUT2D eigenvalue weighted by Gasteiger charge is 2.29. The van der Waals surface area contributed by atoms with Gasteiger partial charge in [-0.05, 0) is 42.9 Å². The summed E-state index contributed by atoms with van der Waals surface area (Å²) in [7, 11) is 0. The number of carbonyl (C=O) groups is 1. The second-order valence-electron chi connectivity index (χ2n) is 7.58. The van der Waals surface area contributed by atoms with Gasteiger partial charge in [-0.15, -0.1) is 0 Å². The molecule has 2 aliphatic rings. The van der Waals surface area contributed by atoms with Crippen LogP contribution < -0.4 is 5.56 Å². The lowest BCUT2D eigenvalue weighted by atomic mass is 9.95. The van der Waals surface area contributed by atoms with Gasteiger partial charge in [0.2, 0.25) is 5.56 Å². The Labute approximate surface area is 160 Å². The van der Waals surface area contributed by atoms with E-state index in [1.54, 1.807) is 6.07 Å². The summed E-state index contributed by atoms with van der Waals surface area (Å²) < 4.78 is 0. The van der Waals surface area contributed by atoms with E-state index >= 15 is 0 Å². The van der Waals surface area contributed by atoms with E-state index in [1.807, 2.05) is 11.8 Å². The van der Waals surface area contributed by atoms with Crippen molar-refractivity contribution in [2.75, 3.05) is 19.6 Å². The summed E-state index contributed by atoms with van der Waals surface area (Å²) in [6.07, 6.45) is 3.80. The van der Waals surface area contributed by atoms with Crippen molar-refractivity contribution in [3.63, 3.8) is 0 Å². The molecule has 27 heavy (non-hydrogen) atoms. The van der Waals surface area contributed by atoms with Gasteiger partial charge in [-0.3, -0.25) is 14.5 Å². The number of aromatic nitrogens is 1. The Kier molecular flexibility index (Phi) is 5.12. The highest BCUT2D eigenvalue weighted by atomic mass is 16.2. The summed E-state index contributed by atoms with van der Waals surface area (Å²) in [4.78, 5) is 31.8. The number of rotatable bonds is 3. The maximum Gasteiger partial charge on any atom is 0.255 e. The van der Waals surface area contributed by atoms with Crippen molar-refractivity contribution < 1.29 is 4.79 Å². The van der Waals surface area contributed by atoms with Gasteiger partial charge in [-0.25, -0.2) is 0 Å². The van der Waals surface area contributed by atoms with Gasteiger partial charge in [-0.1, -0.05) is 31.2 Å². The van der Waals surface area contributed by atoms with E-state index in [-0.39, 0.29) is 11.5 Å². The minimum atomic E-state index is -0.146. The first-order valence-corrected chi connectivity index (χ1v) is 9.98. The van der Waals surface area contributed by atoms with Gasteiger partial charge in [0.05, 0.1) is 5.56 Å². The van der Waals surface area contributed by atoms with Crippen LogP contribution in [0.3, 0.4) is 0 Å². The number of amides is 1. The molecule has 1 aromatic heterocycles. The molecular formula is C22H27N3O2. The molecule has 142 valence electrons. The number of hydrogen-bond acceptors (Lipinski definition) is 3. The molecule has 0 radical (unpaired) electrons. The van der Waals surface area contributed by atoms with Crippen LogP contribution in [0.2, 0.25) is 0 Å². The van der Waals surface area contributed by atoms with Crippen LogP contribution in [0.1, 0.15) is 46.9 Å². The third-order valence-corrected chi connectivity index (χ3v) is 6.01. The van der Waals surface area contributed by atoms with E-state index in [9.17, 15) is 9.59 Å². The average molecular weight is 365 g/mol. The molecule has 2 aliphatic heterocycles. The highest BCUT2D eigenvalue weighted by Crippen LogP contribution is 2.25. The number of piperidine rings is 1. The fraction of sp³-hybridized carbons (Fsp3) is 0.455. The molecule has 1 fully saturated rings. The average Bonchev–Trinajstić information content (AvgIpc) is 2.73. The second kappa shape index (κ2) is 7.69. The molecule has 5 nitrogen and oxygen atoms in total. The smallest absolute Gasteiger partial charge is 0.255 e. The molecule has 1 saturated heterocycles. The molecule has 5 heteroatoms. The number of benzene rings is 1. The highest BCUT2D eigenvalue weighted by molar-refractivity contribution is 5.95. The van der Waals surface area contributed by atoms with Crippen molar-refractivity contribution in [3.8, 4) is 0 Å². The fourth-order valence-corrected chi connectivity index (χ4v) is 4.43. The van der Waals surface area contributed by atoms with E-state index in [1.165, 1.54) is 17.2 Å². The van der Waals surface area contributed by atoms with Crippen LogP contribution in [0.25, 0.3) is 0 Å². The van der Waals surface area contributed by atoms with Gasteiger partial charge < -0.3 is 9.88 Å². The number of nitrogens with zero attached hydrogens (tertiary/aromatic N) is 2. The molecule has 3 heterocycles. The lowest BCUT2D eigenvalue weighted by molar-refractivity contribution is 0.0598. The molecule has 0 atom stereocenters. The van der Waals surface area contributed by atoms with Gasteiger partial charge in [0.25, 0.3) is 5.91 Å². The first-order valence-electron chi connectivity index (χ1n) is 9.98. The van der Waals surface area contributed by atoms with Crippen molar-refractivity contribution >= 4 is 5.91 Å². The van der Waals surface area contributed by atoms with Crippen LogP contribution in [-0.4, -0.2) is 46.4 Å². The third-order valence-electron chi connectivity index (χ3n) is 6.01. The second-order valence-corrected chi connectivity index (χ2v) is 7.58. The summed E-state index contributed by atoms with van der Waals surface area (Å²) >= 11 is 0. The summed E-state index contributed by atoms with van der Waals surface area (Å²) in [5.74, 6) is 0.0468. The molecule has 0 unspecified atom stereocenters. The van der Waals surface area contributed by atoms with E-state index in [2.05, 4.69) is 34.1 Å². The summed E-state index contributed by atoms with van der Waals surface area (Å²) in [6.45, 7) is 5.65. The maximum atomic E-state index is 12.9. The van der Waals surface area contributed by atoms with Gasteiger partial charge in [0, 0.05) is 44.0 Å². The number of aromatic amines is 1. The summed E-state index contributed by atoms with van der Waals surface area (Å²) in [6, 6.07) is 12.4. The molecule has 2 aromatic rings. The minimum absolute atomic E-state index is 0.0468. The molecular weight excluding hydrogens is 338 g/mol. The Balaban J connectivity index is 1.39. The number of carbonyl (C=O) groups excluding carboxylic acids is 1. The molecule has 0 saturated carbocycles. The first kappa shape index (κ1) is 18.0. The molecule has 1 aromatic carbocycles. The maximum absolute atomic E-state index is 12.9. The van der Waals surface area contributed by atoms with Gasteiger partial charge >= 0.3 is 0 Å². The lowest BCUT2D eigenvalue weighted by Crippen LogP contribution is -2.48. The van der Waals surface area contributed by atoms with E-state index < -0.39 is 0 Å². The van der Waals surface area contributed by atoms with Gasteiger partial charge in [-0.2, -0.15) is 0 Å². The normalized spacial score (nSPS) is 18.3. The largest absolute Gasteiger partial charge is 0.338 e. The van der Waals surface area contributed by atoms with Crippen LogP contribution >= 0.6 is 0 Å². The molecule has 0 spiro atoms. The monoisotopic (exact) mass is 365 g/mol. The Morgan fingerprint density at radius 3 is 2.56 bits per heavy atom. The van der Waals surface area contributed by atoms with Crippen LogP contribution in [0.15, 0.2) is 41.2 Å². The van der Waals surface area contributed by atoms with Crippen molar-refractivity contribution in [3.05, 3.63) is 69.1 Å². The van der Waals surface area contributed by atoms with Gasteiger partial charge in [0.1, 0.15) is 0 Å². The summed E-state index contributed by atoms with van der Waals surface area (Å²) in [5.41, 5.74) is 4.16. The van der Waals surface area contributed by atoms with Crippen LogP contribution in [0, 0.1) is 0 Å². The quantitative estimate of drug-likeness (QED) is 0.910. The van der Waals surface area contributed by atoms with Crippen molar-refractivity contribution in [2.45, 2.75) is 45.2 Å². The number of pyridine rings is 1. The molecule has 4 rings (SSSR count). The number of hydrogen-bond donors (Lipinski definition) is 1. The SMILES string of the molecule is CCc1[nH]c(=O)ccc1C(=O)N1CCC(N2CCc3ccccc3C2)CC1. The Bertz CT molecular complexity index is 881. The van der Waals surface area contributed by atoms with E-state index in [0.717, 1.165) is 51.1 Å². The first-order chi connectivity index (χ1) is 13.2. The minimum Gasteiger partial charge on any atom is -0.338 e. The number of H-pyrrole nitrogens is 1. The lowest BCUT2D eigenvalue weighted by Gasteiger charge is -2.40. The number of nitrogens with one attached hydrogen (secondary N) is 1. The Hall–Kier alpha value is -2.40.